The fourth-order valence-corrected chi connectivity index (χ4v) is 1.60. The summed E-state index contributed by atoms with van der Waals surface area (Å²) in [5.41, 5.74) is 2.22. The predicted molar refractivity (Wildman–Crippen MR) is 69.9 cm³/mol. The second kappa shape index (κ2) is 5.31. The highest BCUT2D eigenvalue weighted by Gasteiger charge is 2.08. The van der Waals surface area contributed by atoms with Gasteiger partial charge in [0.15, 0.2) is 0 Å². The molecule has 0 saturated carbocycles. The standard InChI is InChI=1S/C14H14N2O2/c1-10-5-6-11(8-13(10)18-2)14(17)16-12-4-3-7-15-9-12/h3-9H,1-2H3,(H,16,17). The van der Waals surface area contributed by atoms with Gasteiger partial charge in [-0.05, 0) is 36.8 Å². The first-order valence-corrected chi connectivity index (χ1v) is 5.56. The minimum atomic E-state index is -0.179. The zero-order valence-electron chi connectivity index (χ0n) is 10.3. The fourth-order valence-electron chi connectivity index (χ4n) is 1.60. The molecule has 0 spiro atoms. The van der Waals surface area contributed by atoms with Crippen molar-refractivity contribution in [1.29, 1.82) is 0 Å². The summed E-state index contributed by atoms with van der Waals surface area (Å²) in [6.45, 7) is 1.93. The van der Waals surface area contributed by atoms with Gasteiger partial charge in [-0.1, -0.05) is 6.07 Å². The van der Waals surface area contributed by atoms with Crippen molar-refractivity contribution in [2.24, 2.45) is 0 Å². The van der Waals surface area contributed by atoms with Crippen LogP contribution in [-0.2, 0) is 0 Å². The zero-order valence-corrected chi connectivity index (χ0v) is 10.3. The molecule has 1 N–H and O–H groups in total. The van der Waals surface area contributed by atoms with Gasteiger partial charge in [-0.3, -0.25) is 9.78 Å². The number of hydrogen-bond donors (Lipinski definition) is 1. The van der Waals surface area contributed by atoms with Crippen LogP contribution in [0.15, 0.2) is 42.7 Å². The number of benzene rings is 1. The van der Waals surface area contributed by atoms with E-state index in [1.54, 1.807) is 43.8 Å². The minimum Gasteiger partial charge on any atom is -0.496 e. The molecule has 0 aliphatic carbocycles. The van der Waals surface area contributed by atoms with Crippen molar-refractivity contribution in [3.05, 3.63) is 53.9 Å². The smallest absolute Gasteiger partial charge is 0.255 e. The topological polar surface area (TPSA) is 51.2 Å². The Kier molecular flexibility index (Phi) is 3.57. The molecular formula is C14H14N2O2. The Morgan fingerprint density at radius 1 is 1.33 bits per heavy atom. The van der Waals surface area contributed by atoms with Gasteiger partial charge in [-0.2, -0.15) is 0 Å². The molecule has 1 amide bonds. The van der Waals surface area contributed by atoms with Crippen molar-refractivity contribution in [3.63, 3.8) is 0 Å². The van der Waals surface area contributed by atoms with E-state index in [-0.39, 0.29) is 5.91 Å². The molecule has 4 heteroatoms. The molecule has 92 valence electrons. The van der Waals surface area contributed by atoms with E-state index in [1.165, 1.54) is 0 Å². The number of amides is 1. The molecule has 0 radical (unpaired) electrons. The van der Waals surface area contributed by atoms with E-state index in [0.29, 0.717) is 17.0 Å². The Bertz CT molecular complexity index is 553. The number of ether oxygens (including phenoxy) is 1. The molecule has 1 heterocycles. The van der Waals surface area contributed by atoms with E-state index in [0.717, 1.165) is 5.56 Å². The van der Waals surface area contributed by atoms with Crippen LogP contribution < -0.4 is 10.1 Å². The van der Waals surface area contributed by atoms with Crippen LogP contribution in [0.4, 0.5) is 5.69 Å². The van der Waals surface area contributed by atoms with Crippen molar-refractivity contribution in [2.45, 2.75) is 6.92 Å². The maximum absolute atomic E-state index is 12.0. The number of anilines is 1. The van der Waals surface area contributed by atoms with Crippen molar-refractivity contribution in [3.8, 4) is 5.75 Å². The van der Waals surface area contributed by atoms with E-state index >= 15 is 0 Å². The van der Waals surface area contributed by atoms with Gasteiger partial charge >= 0.3 is 0 Å². The first-order valence-electron chi connectivity index (χ1n) is 5.56. The quantitative estimate of drug-likeness (QED) is 0.900. The summed E-state index contributed by atoms with van der Waals surface area (Å²) in [4.78, 5) is 15.9. The van der Waals surface area contributed by atoms with Crippen LogP contribution in [0.5, 0.6) is 5.75 Å². The van der Waals surface area contributed by atoms with Crippen LogP contribution in [0.25, 0.3) is 0 Å². The van der Waals surface area contributed by atoms with Crippen LogP contribution in [0, 0.1) is 6.92 Å². The SMILES string of the molecule is COc1cc(C(=O)Nc2cccnc2)ccc1C. The second-order valence-electron chi connectivity index (χ2n) is 3.88. The number of carbonyl (C=O) groups excluding carboxylic acids is 1. The number of hydrogen-bond acceptors (Lipinski definition) is 3. The monoisotopic (exact) mass is 242 g/mol. The molecule has 0 saturated heterocycles. The van der Waals surface area contributed by atoms with E-state index in [1.807, 2.05) is 13.0 Å². The number of pyridine rings is 1. The maximum Gasteiger partial charge on any atom is 0.255 e. The number of aryl methyl sites for hydroxylation is 1. The van der Waals surface area contributed by atoms with Gasteiger partial charge in [0, 0.05) is 11.8 Å². The van der Waals surface area contributed by atoms with E-state index in [9.17, 15) is 4.79 Å². The first-order chi connectivity index (χ1) is 8.70. The molecular weight excluding hydrogens is 228 g/mol. The zero-order chi connectivity index (χ0) is 13.0. The summed E-state index contributed by atoms with van der Waals surface area (Å²) in [7, 11) is 1.59. The molecule has 4 nitrogen and oxygen atoms in total. The average Bonchev–Trinajstić information content (AvgIpc) is 2.40. The van der Waals surface area contributed by atoms with Gasteiger partial charge in [-0.15, -0.1) is 0 Å². The van der Waals surface area contributed by atoms with E-state index in [2.05, 4.69) is 10.3 Å². The van der Waals surface area contributed by atoms with E-state index < -0.39 is 0 Å². The summed E-state index contributed by atoms with van der Waals surface area (Å²) < 4.78 is 5.19. The molecule has 1 aromatic carbocycles. The summed E-state index contributed by atoms with van der Waals surface area (Å²) in [5, 5.41) is 2.77. The van der Waals surface area contributed by atoms with Gasteiger partial charge in [-0.25, -0.2) is 0 Å². The summed E-state index contributed by atoms with van der Waals surface area (Å²) in [5.74, 6) is 0.523. The van der Waals surface area contributed by atoms with Crippen molar-refractivity contribution in [2.75, 3.05) is 12.4 Å². The highest BCUT2D eigenvalue weighted by atomic mass is 16.5. The number of nitrogens with one attached hydrogen (secondary N) is 1. The lowest BCUT2D eigenvalue weighted by Crippen LogP contribution is -2.12. The number of methoxy groups -OCH3 is 1. The summed E-state index contributed by atoms with van der Waals surface area (Å²) >= 11 is 0. The highest BCUT2D eigenvalue weighted by Crippen LogP contribution is 2.19. The molecule has 2 aromatic rings. The Balaban J connectivity index is 2.19. The minimum absolute atomic E-state index is 0.179. The van der Waals surface area contributed by atoms with Gasteiger partial charge in [0.2, 0.25) is 0 Å². The van der Waals surface area contributed by atoms with Crippen LogP contribution in [0.1, 0.15) is 15.9 Å². The Morgan fingerprint density at radius 2 is 2.17 bits per heavy atom. The lowest BCUT2D eigenvalue weighted by atomic mass is 10.1. The first kappa shape index (κ1) is 12.1. The number of nitrogens with zero attached hydrogens (tertiary/aromatic N) is 1. The molecule has 0 bridgehead atoms. The van der Waals surface area contributed by atoms with Gasteiger partial charge in [0.25, 0.3) is 5.91 Å². The molecule has 0 fully saturated rings. The molecule has 1 aromatic heterocycles. The highest BCUT2D eigenvalue weighted by molar-refractivity contribution is 6.04. The van der Waals surface area contributed by atoms with Gasteiger partial charge in [0.1, 0.15) is 5.75 Å². The third-order valence-electron chi connectivity index (χ3n) is 2.59. The number of aromatic nitrogens is 1. The third-order valence-corrected chi connectivity index (χ3v) is 2.59. The van der Waals surface area contributed by atoms with Crippen LogP contribution in [0.2, 0.25) is 0 Å². The normalized spacial score (nSPS) is 9.89. The third kappa shape index (κ3) is 2.66. The van der Waals surface area contributed by atoms with Crippen molar-refractivity contribution in [1.82, 2.24) is 4.98 Å². The molecule has 18 heavy (non-hydrogen) atoms. The Morgan fingerprint density at radius 3 is 2.83 bits per heavy atom. The molecule has 2 rings (SSSR count). The average molecular weight is 242 g/mol. The molecule has 0 aliphatic rings. The summed E-state index contributed by atoms with van der Waals surface area (Å²) in [6.07, 6.45) is 3.26. The predicted octanol–water partition coefficient (Wildman–Crippen LogP) is 2.65. The van der Waals surface area contributed by atoms with Crippen LogP contribution >= 0.6 is 0 Å². The van der Waals surface area contributed by atoms with E-state index in [4.69, 9.17) is 4.74 Å². The van der Waals surface area contributed by atoms with Crippen molar-refractivity contribution >= 4 is 11.6 Å². The summed E-state index contributed by atoms with van der Waals surface area (Å²) in [6, 6.07) is 8.91. The van der Waals surface area contributed by atoms with Crippen LogP contribution in [0.3, 0.4) is 0 Å². The largest absolute Gasteiger partial charge is 0.496 e. The van der Waals surface area contributed by atoms with Gasteiger partial charge in [0.05, 0.1) is 19.0 Å². The molecule has 0 aliphatic heterocycles. The van der Waals surface area contributed by atoms with Crippen LogP contribution in [-0.4, -0.2) is 18.0 Å². The van der Waals surface area contributed by atoms with Crippen molar-refractivity contribution < 1.29 is 9.53 Å². The lowest BCUT2D eigenvalue weighted by Gasteiger charge is -2.08. The lowest BCUT2D eigenvalue weighted by molar-refractivity contribution is 0.102. The second-order valence-corrected chi connectivity index (χ2v) is 3.88. The number of rotatable bonds is 3. The van der Waals surface area contributed by atoms with Gasteiger partial charge < -0.3 is 10.1 Å². The maximum atomic E-state index is 12.0. The molecule has 0 atom stereocenters. The molecule has 0 unspecified atom stereocenters. The Labute approximate surface area is 106 Å². The number of carbonyl (C=O) groups is 1. The Hall–Kier alpha value is -2.36. The fraction of sp³-hybridized carbons (Fsp3) is 0.143.